The molecule has 1 amide bonds. The molecule has 2 N–H and O–H groups in total. The Hall–Kier alpha value is -1.10. The Balaban J connectivity index is 2.71. The number of hydrogen-bond donors (Lipinski definition) is 1. The number of carbonyl (C=O) groups is 1. The van der Waals surface area contributed by atoms with E-state index in [2.05, 4.69) is 18.8 Å². The lowest BCUT2D eigenvalue weighted by atomic mass is 10.3. The van der Waals surface area contributed by atoms with Crippen LogP contribution in [0.3, 0.4) is 0 Å². The quantitative estimate of drug-likeness (QED) is 0.836. The number of nitrogens with zero attached hydrogens (tertiary/aromatic N) is 2. The summed E-state index contributed by atoms with van der Waals surface area (Å²) in [6.45, 7) is 5.69. The maximum Gasteiger partial charge on any atom is 0.273 e. The standard InChI is InChI=1S/C10H17N3OS/c1-3-5-13(6-4-2)9(14)8-7-15-10(11)12-8/h7H,3-6H2,1-2H3,(H2,11,12). The van der Waals surface area contributed by atoms with Gasteiger partial charge in [-0.25, -0.2) is 4.98 Å². The van der Waals surface area contributed by atoms with Crippen molar-refractivity contribution in [3.63, 3.8) is 0 Å². The number of hydrogen-bond acceptors (Lipinski definition) is 4. The monoisotopic (exact) mass is 227 g/mol. The summed E-state index contributed by atoms with van der Waals surface area (Å²) < 4.78 is 0. The first-order chi connectivity index (χ1) is 7.19. The Morgan fingerprint density at radius 1 is 1.47 bits per heavy atom. The molecule has 0 saturated carbocycles. The van der Waals surface area contributed by atoms with Crippen LogP contribution in [0.1, 0.15) is 37.2 Å². The Morgan fingerprint density at radius 3 is 2.47 bits per heavy atom. The lowest BCUT2D eigenvalue weighted by Gasteiger charge is -2.20. The average molecular weight is 227 g/mol. The van der Waals surface area contributed by atoms with E-state index in [4.69, 9.17) is 5.73 Å². The van der Waals surface area contributed by atoms with Gasteiger partial charge in [-0.3, -0.25) is 4.79 Å². The molecule has 1 heterocycles. The van der Waals surface area contributed by atoms with Gasteiger partial charge in [0, 0.05) is 18.5 Å². The van der Waals surface area contributed by atoms with E-state index in [1.54, 1.807) is 5.38 Å². The number of carbonyl (C=O) groups excluding carboxylic acids is 1. The largest absolute Gasteiger partial charge is 0.375 e. The van der Waals surface area contributed by atoms with Gasteiger partial charge < -0.3 is 10.6 Å². The van der Waals surface area contributed by atoms with Gasteiger partial charge in [0.1, 0.15) is 5.69 Å². The van der Waals surface area contributed by atoms with Crippen LogP contribution in [0.2, 0.25) is 0 Å². The summed E-state index contributed by atoms with van der Waals surface area (Å²) >= 11 is 1.31. The first-order valence-electron chi connectivity index (χ1n) is 5.19. The molecule has 0 aliphatic heterocycles. The summed E-state index contributed by atoms with van der Waals surface area (Å²) in [5.41, 5.74) is 5.97. The lowest BCUT2D eigenvalue weighted by Crippen LogP contribution is -2.32. The number of nitrogen functional groups attached to an aromatic ring is 1. The molecule has 0 atom stereocenters. The topological polar surface area (TPSA) is 59.2 Å². The molecule has 1 aromatic heterocycles. The van der Waals surface area contributed by atoms with Crippen molar-refractivity contribution < 1.29 is 4.79 Å². The molecule has 1 aromatic rings. The zero-order chi connectivity index (χ0) is 11.3. The Kier molecular flexibility index (Phi) is 4.55. The van der Waals surface area contributed by atoms with E-state index in [1.165, 1.54) is 11.3 Å². The zero-order valence-electron chi connectivity index (χ0n) is 9.19. The molecule has 0 saturated heterocycles. The van der Waals surface area contributed by atoms with Gasteiger partial charge in [0.25, 0.3) is 5.91 Å². The van der Waals surface area contributed by atoms with Crippen molar-refractivity contribution in [1.82, 2.24) is 9.88 Å². The second-order valence-electron chi connectivity index (χ2n) is 3.36. The molecule has 0 fully saturated rings. The van der Waals surface area contributed by atoms with E-state index in [-0.39, 0.29) is 5.91 Å². The molecule has 84 valence electrons. The van der Waals surface area contributed by atoms with Gasteiger partial charge in [-0.15, -0.1) is 11.3 Å². The highest BCUT2D eigenvalue weighted by atomic mass is 32.1. The first kappa shape index (κ1) is 12.0. The van der Waals surface area contributed by atoms with Crippen molar-refractivity contribution in [3.8, 4) is 0 Å². The minimum Gasteiger partial charge on any atom is -0.375 e. The van der Waals surface area contributed by atoms with Gasteiger partial charge in [-0.2, -0.15) is 0 Å². The van der Waals surface area contributed by atoms with Crippen LogP contribution in [0.5, 0.6) is 0 Å². The Labute approximate surface area is 94.1 Å². The van der Waals surface area contributed by atoms with Gasteiger partial charge in [-0.1, -0.05) is 13.8 Å². The van der Waals surface area contributed by atoms with E-state index in [9.17, 15) is 4.79 Å². The lowest BCUT2D eigenvalue weighted by molar-refractivity contribution is 0.0750. The predicted molar refractivity (Wildman–Crippen MR) is 63.0 cm³/mol. The minimum atomic E-state index is -0.00773. The highest BCUT2D eigenvalue weighted by Gasteiger charge is 2.16. The molecule has 0 aliphatic carbocycles. The molecule has 0 aliphatic rings. The maximum atomic E-state index is 12.0. The predicted octanol–water partition coefficient (Wildman–Crippen LogP) is 1.99. The van der Waals surface area contributed by atoms with Crippen molar-refractivity contribution in [3.05, 3.63) is 11.1 Å². The van der Waals surface area contributed by atoms with Crippen LogP contribution in [0.25, 0.3) is 0 Å². The minimum absolute atomic E-state index is 0.00773. The second-order valence-corrected chi connectivity index (χ2v) is 4.25. The molecular formula is C10H17N3OS. The third-order valence-corrected chi connectivity index (χ3v) is 2.69. The fourth-order valence-corrected chi connectivity index (χ4v) is 1.94. The number of thiazole rings is 1. The number of rotatable bonds is 5. The molecular weight excluding hydrogens is 210 g/mol. The summed E-state index contributed by atoms with van der Waals surface area (Å²) in [7, 11) is 0. The van der Waals surface area contributed by atoms with Crippen LogP contribution < -0.4 is 5.73 Å². The fraction of sp³-hybridized carbons (Fsp3) is 0.600. The van der Waals surface area contributed by atoms with E-state index in [0.717, 1.165) is 25.9 Å². The Bertz CT molecular complexity index is 318. The van der Waals surface area contributed by atoms with E-state index >= 15 is 0 Å². The second kappa shape index (κ2) is 5.70. The molecule has 0 bridgehead atoms. The Morgan fingerprint density at radius 2 is 2.07 bits per heavy atom. The summed E-state index contributed by atoms with van der Waals surface area (Å²) in [6.07, 6.45) is 1.93. The summed E-state index contributed by atoms with van der Waals surface area (Å²) in [5, 5.41) is 2.17. The molecule has 4 nitrogen and oxygen atoms in total. The summed E-state index contributed by atoms with van der Waals surface area (Å²) in [5.74, 6) is -0.00773. The number of anilines is 1. The van der Waals surface area contributed by atoms with Crippen LogP contribution in [-0.2, 0) is 0 Å². The van der Waals surface area contributed by atoms with Crippen LogP contribution in [0, 0.1) is 0 Å². The highest BCUT2D eigenvalue weighted by molar-refractivity contribution is 7.13. The van der Waals surface area contributed by atoms with Gasteiger partial charge >= 0.3 is 0 Å². The molecule has 0 radical (unpaired) electrons. The van der Waals surface area contributed by atoms with Crippen LogP contribution in [0.4, 0.5) is 5.13 Å². The number of amides is 1. The smallest absolute Gasteiger partial charge is 0.273 e. The SMILES string of the molecule is CCCN(CCC)C(=O)c1csc(N)n1. The van der Waals surface area contributed by atoms with Crippen molar-refractivity contribution >= 4 is 22.4 Å². The van der Waals surface area contributed by atoms with Gasteiger partial charge in [0.15, 0.2) is 5.13 Å². The molecule has 0 spiro atoms. The van der Waals surface area contributed by atoms with Crippen LogP contribution >= 0.6 is 11.3 Å². The average Bonchev–Trinajstić information content (AvgIpc) is 2.63. The van der Waals surface area contributed by atoms with Crippen molar-refractivity contribution in [1.29, 1.82) is 0 Å². The number of nitrogens with two attached hydrogens (primary N) is 1. The normalized spacial score (nSPS) is 10.3. The van der Waals surface area contributed by atoms with E-state index in [1.807, 2.05) is 4.90 Å². The summed E-state index contributed by atoms with van der Waals surface area (Å²) in [6, 6.07) is 0. The molecule has 0 aromatic carbocycles. The third-order valence-electron chi connectivity index (χ3n) is 2.02. The van der Waals surface area contributed by atoms with Gasteiger partial charge in [-0.05, 0) is 12.8 Å². The van der Waals surface area contributed by atoms with Gasteiger partial charge in [0.2, 0.25) is 0 Å². The van der Waals surface area contributed by atoms with Crippen LogP contribution in [0.15, 0.2) is 5.38 Å². The maximum absolute atomic E-state index is 12.0. The van der Waals surface area contributed by atoms with Crippen molar-refractivity contribution in [2.75, 3.05) is 18.8 Å². The van der Waals surface area contributed by atoms with Crippen molar-refractivity contribution in [2.45, 2.75) is 26.7 Å². The molecule has 0 unspecified atom stereocenters. The zero-order valence-corrected chi connectivity index (χ0v) is 10.0. The van der Waals surface area contributed by atoms with Gasteiger partial charge in [0.05, 0.1) is 0 Å². The van der Waals surface area contributed by atoms with E-state index in [0.29, 0.717) is 10.8 Å². The number of aromatic nitrogens is 1. The third kappa shape index (κ3) is 3.20. The molecule has 15 heavy (non-hydrogen) atoms. The van der Waals surface area contributed by atoms with Crippen molar-refractivity contribution in [2.24, 2.45) is 0 Å². The first-order valence-corrected chi connectivity index (χ1v) is 6.07. The molecule has 5 heteroatoms. The van der Waals surface area contributed by atoms with E-state index < -0.39 is 0 Å². The van der Waals surface area contributed by atoms with Crippen LogP contribution in [-0.4, -0.2) is 28.9 Å². The summed E-state index contributed by atoms with van der Waals surface area (Å²) in [4.78, 5) is 17.8. The fourth-order valence-electron chi connectivity index (χ4n) is 1.40. The molecule has 1 rings (SSSR count). The highest BCUT2D eigenvalue weighted by Crippen LogP contribution is 2.13.